The maximum absolute atomic E-state index is 12.0. The van der Waals surface area contributed by atoms with E-state index in [2.05, 4.69) is 4.72 Å². The van der Waals surface area contributed by atoms with Crippen molar-refractivity contribution in [2.75, 3.05) is 6.54 Å². The van der Waals surface area contributed by atoms with Crippen LogP contribution in [0.25, 0.3) is 0 Å². The first-order valence-corrected chi connectivity index (χ1v) is 7.04. The summed E-state index contributed by atoms with van der Waals surface area (Å²) in [6, 6.07) is 8.86. The number of rotatable bonds is 6. The van der Waals surface area contributed by atoms with Gasteiger partial charge in [0, 0.05) is 13.0 Å². The minimum absolute atomic E-state index is 0.152. The quantitative estimate of drug-likeness (QED) is 0.785. The summed E-state index contributed by atoms with van der Waals surface area (Å²) in [6.07, 6.45) is 1.80. The molecular weight excluding hydrogens is 236 g/mol. The van der Waals surface area contributed by atoms with E-state index in [0.29, 0.717) is 4.90 Å². The van der Waals surface area contributed by atoms with E-state index in [9.17, 15) is 8.42 Å². The molecule has 1 N–H and O–H groups in total. The lowest BCUT2D eigenvalue weighted by Gasteiger charge is -2.09. The Morgan fingerprint density at radius 3 is 2.71 bits per heavy atom. The maximum Gasteiger partial charge on any atom is 0.240 e. The fourth-order valence-electron chi connectivity index (χ4n) is 1.56. The fraction of sp³-hybridized carbons (Fsp3) is 0.417. The zero-order valence-corrected chi connectivity index (χ0v) is 10.6. The van der Waals surface area contributed by atoms with Gasteiger partial charge in [0.2, 0.25) is 10.0 Å². The molecule has 92 valence electrons. The molecule has 4 nitrogen and oxygen atoms in total. The standard InChI is InChI=1S/C12H16N2O2S/c1-2-6-11-7-3-4-8-12(11)17(15,16)14-10-5-9-13/h3-4,7-8,14H,2,5-6,10H2,1H3. The van der Waals surface area contributed by atoms with Gasteiger partial charge in [-0.25, -0.2) is 13.1 Å². The highest BCUT2D eigenvalue weighted by Crippen LogP contribution is 2.16. The van der Waals surface area contributed by atoms with Crippen molar-refractivity contribution in [2.45, 2.75) is 31.1 Å². The van der Waals surface area contributed by atoms with Crippen molar-refractivity contribution >= 4 is 10.0 Å². The average molecular weight is 252 g/mol. The van der Waals surface area contributed by atoms with Crippen molar-refractivity contribution < 1.29 is 8.42 Å². The molecule has 0 aliphatic rings. The zero-order valence-electron chi connectivity index (χ0n) is 9.81. The van der Waals surface area contributed by atoms with Gasteiger partial charge in [-0.1, -0.05) is 31.5 Å². The molecule has 0 aromatic heterocycles. The number of sulfonamides is 1. The summed E-state index contributed by atoms with van der Waals surface area (Å²) in [7, 11) is -3.49. The van der Waals surface area contributed by atoms with Crippen LogP contribution in [0.4, 0.5) is 0 Å². The maximum atomic E-state index is 12.0. The predicted molar refractivity (Wildman–Crippen MR) is 65.9 cm³/mol. The van der Waals surface area contributed by atoms with Crippen molar-refractivity contribution in [1.29, 1.82) is 5.26 Å². The van der Waals surface area contributed by atoms with Gasteiger partial charge < -0.3 is 0 Å². The van der Waals surface area contributed by atoms with Gasteiger partial charge in [-0.15, -0.1) is 0 Å². The van der Waals surface area contributed by atoms with Crippen LogP contribution in [0.2, 0.25) is 0 Å². The Labute approximate surface area is 102 Å². The molecule has 0 saturated carbocycles. The van der Waals surface area contributed by atoms with Gasteiger partial charge in [0.15, 0.2) is 0 Å². The second-order valence-corrected chi connectivity index (χ2v) is 5.40. The van der Waals surface area contributed by atoms with Crippen LogP contribution in [-0.2, 0) is 16.4 Å². The summed E-state index contributed by atoms with van der Waals surface area (Å²) in [5.41, 5.74) is 0.819. The van der Waals surface area contributed by atoms with Gasteiger partial charge in [-0.2, -0.15) is 5.26 Å². The molecule has 0 saturated heterocycles. The molecule has 0 aliphatic carbocycles. The molecule has 0 fully saturated rings. The topological polar surface area (TPSA) is 70.0 Å². The van der Waals surface area contributed by atoms with Gasteiger partial charge in [0.25, 0.3) is 0 Å². The number of benzene rings is 1. The number of nitrogens with zero attached hydrogens (tertiary/aromatic N) is 1. The molecule has 0 unspecified atom stereocenters. The van der Waals surface area contributed by atoms with Crippen LogP contribution in [0.3, 0.4) is 0 Å². The molecule has 1 aromatic carbocycles. The SMILES string of the molecule is CCCc1ccccc1S(=O)(=O)NCCC#N. The number of hydrogen-bond donors (Lipinski definition) is 1. The minimum atomic E-state index is -3.49. The summed E-state index contributed by atoms with van der Waals surface area (Å²) in [4.78, 5) is 0.319. The average Bonchev–Trinajstić information content (AvgIpc) is 2.30. The van der Waals surface area contributed by atoms with Gasteiger partial charge in [-0.05, 0) is 18.1 Å². The van der Waals surface area contributed by atoms with Crippen LogP contribution in [0.5, 0.6) is 0 Å². The first-order chi connectivity index (χ1) is 8.11. The minimum Gasteiger partial charge on any atom is -0.210 e. The Balaban J connectivity index is 2.94. The van der Waals surface area contributed by atoms with Gasteiger partial charge >= 0.3 is 0 Å². The van der Waals surface area contributed by atoms with Crippen molar-refractivity contribution in [2.24, 2.45) is 0 Å². The van der Waals surface area contributed by atoms with E-state index in [1.807, 2.05) is 25.1 Å². The van der Waals surface area contributed by atoms with Crippen molar-refractivity contribution in [3.05, 3.63) is 29.8 Å². The van der Waals surface area contributed by atoms with E-state index in [0.717, 1.165) is 18.4 Å². The van der Waals surface area contributed by atoms with E-state index in [1.165, 1.54) is 0 Å². The Morgan fingerprint density at radius 1 is 1.35 bits per heavy atom. The Hall–Kier alpha value is -1.38. The van der Waals surface area contributed by atoms with Gasteiger partial charge in [-0.3, -0.25) is 0 Å². The summed E-state index contributed by atoms with van der Waals surface area (Å²) in [5.74, 6) is 0. The van der Waals surface area contributed by atoms with Crippen LogP contribution >= 0.6 is 0 Å². The van der Waals surface area contributed by atoms with Crippen LogP contribution in [0.1, 0.15) is 25.3 Å². The van der Waals surface area contributed by atoms with Crippen molar-refractivity contribution in [1.82, 2.24) is 4.72 Å². The van der Waals surface area contributed by atoms with E-state index in [4.69, 9.17) is 5.26 Å². The lowest BCUT2D eigenvalue weighted by atomic mass is 10.1. The molecule has 0 amide bonds. The van der Waals surface area contributed by atoms with Crippen molar-refractivity contribution in [3.63, 3.8) is 0 Å². The molecule has 0 spiro atoms. The largest absolute Gasteiger partial charge is 0.240 e. The molecule has 1 aromatic rings. The lowest BCUT2D eigenvalue weighted by Crippen LogP contribution is -2.25. The predicted octanol–water partition coefficient (Wildman–Crippen LogP) is 1.83. The second-order valence-electron chi connectivity index (χ2n) is 3.66. The number of nitrogens with one attached hydrogen (secondary N) is 1. The molecule has 17 heavy (non-hydrogen) atoms. The highest BCUT2D eigenvalue weighted by molar-refractivity contribution is 7.89. The Bertz CT molecular complexity index is 503. The summed E-state index contributed by atoms with van der Waals surface area (Å²) in [6.45, 7) is 2.16. The first kappa shape index (κ1) is 13.7. The third-order valence-electron chi connectivity index (χ3n) is 2.31. The molecule has 5 heteroatoms. The normalized spacial score (nSPS) is 11.1. The van der Waals surface area contributed by atoms with E-state index in [-0.39, 0.29) is 13.0 Å². The smallest absolute Gasteiger partial charge is 0.210 e. The van der Waals surface area contributed by atoms with E-state index in [1.54, 1.807) is 12.1 Å². The van der Waals surface area contributed by atoms with E-state index >= 15 is 0 Å². The van der Waals surface area contributed by atoms with Crippen LogP contribution in [0, 0.1) is 11.3 Å². The molecule has 1 rings (SSSR count). The Kier molecular flexibility index (Phi) is 5.13. The first-order valence-electron chi connectivity index (χ1n) is 5.56. The molecule has 0 bridgehead atoms. The lowest BCUT2D eigenvalue weighted by molar-refractivity contribution is 0.581. The van der Waals surface area contributed by atoms with Gasteiger partial charge in [0.05, 0.1) is 11.0 Å². The number of hydrogen-bond acceptors (Lipinski definition) is 3. The highest BCUT2D eigenvalue weighted by Gasteiger charge is 2.16. The monoisotopic (exact) mass is 252 g/mol. The van der Waals surface area contributed by atoms with Crippen molar-refractivity contribution in [3.8, 4) is 6.07 Å². The summed E-state index contributed by atoms with van der Waals surface area (Å²) < 4.78 is 26.4. The molecular formula is C12H16N2O2S. The number of aryl methyl sites for hydroxylation is 1. The zero-order chi connectivity index (χ0) is 12.7. The third-order valence-corrected chi connectivity index (χ3v) is 3.87. The van der Waals surface area contributed by atoms with Crippen LogP contribution in [0.15, 0.2) is 29.2 Å². The molecule has 0 heterocycles. The van der Waals surface area contributed by atoms with E-state index < -0.39 is 10.0 Å². The molecule has 0 radical (unpaired) electrons. The summed E-state index contributed by atoms with van der Waals surface area (Å²) in [5, 5.41) is 8.39. The van der Waals surface area contributed by atoms with Crippen LogP contribution in [-0.4, -0.2) is 15.0 Å². The second kappa shape index (κ2) is 6.38. The van der Waals surface area contributed by atoms with Crippen LogP contribution < -0.4 is 4.72 Å². The molecule has 0 atom stereocenters. The highest BCUT2D eigenvalue weighted by atomic mass is 32.2. The summed E-state index contributed by atoms with van der Waals surface area (Å²) >= 11 is 0. The Morgan fingerprint density at radius 2 is 2.06 bits per heavy atom. The fourth-order valence-corrected chi connectivity index (χ4v) is 2.86. The third kappa shape index (κ3) is 3.84. The van der Waals surface area contributed by atoms with Gasteiger partial charge in [0.1, 0.15) is 0 Å². The molecule has 0 aliphatic heterocycles. The number of nitriles is 1.